The number of nitrogens with zero attached hydrogens (tertiary/aromatic N) is 3. The number of amides is 2. The lowest BCUT2D eigenvalue weighted by Gasteiger charge is -2.34. The van der Waals surface area contributed by atoms with Crippen molar-refractivity contribution in [1.29, 1.82) is 0 Å². The van der Waals surface area contributed by atoms with Crippen molar-refractivity contribution in [2.24, 2.45) is 5.92 Å². The summed E-state index contributed by atoms with van der Waals surface area (Å²) in [6, 6.07) is 6.77. The number of ether oxygens (including phenoxy) is 1. The molecule has 0 spiro atoms. The molecule has 7 nitrogen and oxygen atoms in total. The lowest BCUT2D eigenvalue weighted by Crippen LogP contribution is -2.46. The molecule has 1 aliphatic heterocycles. The zero-order chi connectivity index (χ0) is 23.3. The van der Waals surface area contributed by atoms with Crippen molar-refractivity contribution in [2.45, 2.75) is 33.3 Å². The number of carbonyl (C=O) groups is 2. The van der Waals surface area contributed by atoms with E-state index in [4.69, 9.17) is 33.7 Å². The molecule has 172 valence electrons. The highest BCUT2D eigenvalue weighted by Gasteiger charge is 2.31. The number of piperidine rings is 1. The molecule has 9 heteroatoms. The molecule has 0 radical (unpaired) electrons. The molecule has 3 rings (SSSR count). The van der Waals surface area contributed by atoms with Crippen molar-refractivity contribution in [3.63, 3.8) is 0 Å². The highest BCUT2D eigenvalue weighted by molar-refractivity contribution is 6.35. The third-order valence-corrected chi connectivity index (χ3v) is 6.40. The first-order valence-electron chi connectivity index (χ1n) is 10.7. The maximum Gasteiger partial charge on any atom is 0.255 e. The minimum absolute atomic E-state index is 0.0895. The number of nitrogens with two attached hydrogens (primary N) is 1. The number of aromatic nitrogens is 1. The van der Waals surface area contributed by atoms with Gasteiger partial charge in [0.15, 0.2) is 11.6 Å². The van der Waals surface area contributed by atoms with Gasteiger partial charge in [-0.25, -0.2) is 4.98 Å². The van der Waals surface area contributed by atoms with E-state index in [2.05, 4.69) is 4.98 Å². The van der Waals surface area contributed by atoms with Gasteiger partial charge in [0.2, 0.25) is 5.91 Å². The Morgan fingerprint density at radius 3 is 2.59 bits per heavy atom. The van der Waals surface area contributed by atoms with Gasteiger partial charge in [0.05, 0.1) is 11.5 Å². The van der Waals surface area contributed by atoms with Crippen LogP contribution in [0.25, 0.3) is 0 Å². The number of carbonyl (C=O) groups excluding carboxylic acids is 2. The van der Waals surface area contributed by atoms with Crippen molar-refractivity contribution >= 4 is 40.8 Å². The Morgan fingerprint density at radius 1 is 1.25 bits per heavy atom. The Kier molecular flexibility index (Phi) is 8.21. The normalized spacial score (nSPS) is 16.0. The number of rotatable bonds is 7. The number of likely N-dealkylation sites (tertiary alicyclic amines) is 1. The summed E-state index contributed by atoms with van der Waals surface area (Å²) in [5, 5.41) is 0.960. The van der Waals surface area contributed by atoms with Crippen LogP contribution in [0.5, 0.6) is 5.75 Å². The second kappa shape index (κ2) is 10.9. The van der Waals surface area contributed by atoms with Gasteiger partial charge in [0, 0.05) is 48.0 Å². The summed E-state index contributed by atoms with van der Waals surface area (Å²) >= 11 is 12.4. The Morgan fingerprint density at radius 2 is 1.94 bits per heavy atom. The van der Waals surface area contributed by atoms with Crippen LogP contribution in [-0.4, -0.2) is 52.8 Å². The Balaban J connectivity index is 1.72. The van der Waals surface area contributed by atoms with Crippen LogP contribution in [0.1, 0.15) is 42.6 Å². The van der Waals surface area contributed by atoms with Gasteiger partial charge in [-0.2, -0.15) is 0 Å². The molecular weight excluding hydrogens is 451 g/mol. The highest BCUT2D eigenvalue weighted by atomic mass is 35.5. The predicted molar refractivity (Wildman–Crippen MR) is 126 cm³/mol. The van der Waals surface area contributed by atoms with Crippen LogP contribution in [0.4, 0.5) is 5.82 Å². The van der Waals surface area contributed by atoms with Crippen molar-refractivity contribution in [3.8, 4) is 5.75 Å². The third kappa shape index (κ3) is 5.45. The predicted octanol–water partition coefficient (Wildman–Crippen LogP) is 4.27. The SMILES string of the molecule is CCN(CC)C(=O)C1CCCN(C(=O)c2cnc(N)c(OCc3c(Cl)cccc3Cl)c2)C1. The molecule has 0 bridgehead atoms. The van der Waals surface area contributed by atoms with Crippen molar-refractivity contribution < 1.29 is 14.3 Å². The maximum atomic E-state index is 13.1. The van der Waals surface area contributed by atoms with E-state index < -0.39 is 0 Å². The second-order valence-electron chi connectivity index (χ2n) is 7.70. The average molecular weight is 479 g/mol. The summed E-state index contributed by atoms with van der Waals surface area (Å²) in [5.74, 6) is 0.156. The minimum Gasteiger partial charge on any atom is -0.485 e. The molecule has 1 saturated heterocycles. The largest absolute Gasteiger partial charge is 0.485 e. The van der Waals surface area contributed by atoms with E-state index in [1.807, 2.05) is 18.7 Å². The van der Waals surface area contributed by atoms with E-state index in [0.717, 1.165) is 12.8 Å². The lowest BCUT2D eigenvalue weighted by atomic mass is 9.96. The van der Waals surface area contributed by atoms with Gasteiger partial charge in [-0.15, -0.1) is 0 Å². The number of anilines is 1. The van der Waals surface area contributed by atoms with Gasteiger partial charge in [0.25, 0.3) is 5.91 Å². The molecule has 0 saturated carbocycles. The van der Waals surface area contributed by atoms with Crippen molar-refractivity contribution in [1.82, 2.24) is 14.8 Å². The molecule has 1 fully saturated rings. The summed E-state index contributed by atoms with van der Waals surface area (Å²) in [5.41, 5.74) is 6.94. The molecule has 1 aromatic carbocycles. The Bertz CT molecular complexity index is 961. The van der Waals surface area contributed by atoms with Crippen molar-refractivity contribution in [3.05, 3.63) is 51.6 Å². The molecule has 2 amide bonds. The minimum atomic E-state index is -0.199. The van der Waals surface area contributed by atoms with Gasteiger partial charge in [0.1, 0.15) is 6.61 Å². The molecule has 1 aromatic heterocycles. The zero-order valence-electron chi connectivity index (χ0n) is 18.3. The third-order valence-electron chi connectivity index (χ3n) is 5.70. The van der Waals surface area contributed by atoms with Crippen molar-refractivity contribution in [2.75, 3.05) is 31.9 Å². The second-order valence-corrected chi connectivity index (χ2v) is 8.51. The van der Waals surface area contributed by atoms with Crippen LogP contribution in [-0.2, 0) is 11.4 Å². The number of benzene rings is 1. The zero-order valence-corrected chi connectivity index (χ0v) is 19.8. The standard InChI is InChI=1S/C23H28Cl2N4O3/c1-3-28(4-2)22(30)15-7-6-10-29(13-15)23(31)16-11-20(21(26)27-12-16)32-14-17-18(24)8-5-9-19(17)25/h5,8-9,11-12,15H,3-4,6-7,10,13-14H2,1-2H3,(H2,26,27). The number of pyridine rings is 1. The van der Waals surface area contributed by atoms with Crippen LogP contribution >= 0.6 is 23.2 Å². The van der Waals surface area contributed by atoms with E-state index >= 15 is 0 Å². The lowest BCUT2D eigenvalue weighted by molar-refractivity contribution is -0.136. The van der Waals surface area contributed by atoms with E-state index in [1.54, 1.807) is 29.2 Å². The quantitative estimate of drug-likeness (QED) is 0.641. The van der Waals surface area contributed by atoms with E-state index in [-0.39, 0.29) is 35.9 Å². The van der Waals surface area contributed by atoms with E-state index in [9.17, 15) is 9.59 Å². The fourth-order valence-electron chi connectivity index (χ4n) is 3.85. The maximum absolute atomic E-state index is 13.1. The van der Waals surface area contributed by atoms with Crippen LogP contribution in [0.15, 0.2) is 30.5 Å². The number of hydrogen-bond donors (Lipinski definition) is 1. The molecule has 0 aliphatic carbocycles. The van der Waals surface area contributed by atoms with E-state index in [1.165, 1.54) is 6.20 Å². The molecule has 2 heterocycles. The smallest absolute Gasteiger partial charge is 0.255 e. The van der Waals surface area contributed by atoms with Gasteiger partial charge in [-0.05, 0) is 44.9 Å². The Labute approximate surface area is 198 Å². The number of hydrogen-bond acceptors (Lipinski definition) is 5. The molecule has 2 N–H and O–H groups in total. The van der Waals surface area contributed by atoms with Crippen LogP contribution in [0.2, 0.25) is 10.0 Å². The van der Waals surface area contributed by atoms with Gasteiger partial charge in [-0.1, -0.05) is 29.3 Å². The topological polar surface area (TPSA) is 88.8 Å². The fourth-order valence-corrected chi connectivity index (χ4v) is 4.35. The number of nitrogen functional groups attached to an aromatic ring is 1. The van der Waals surface area contributed by atoms with Gasteiger partial charge < -0.3 is 20.3 Å². The fraction of sp³-hybridized carbons (Fsp3) is 0.435. The Hall–Kier alpha value is -2.51. The summed E-state index contributed by atoms with van der Waals surface area (Å²) in [4.78, 5) is 33.5. The van der Waals surface area contributed by atoms with Crippen LogP contribution in [0, 0.1) is 5.92 Å². The molecule has 1 aliphatic rings. The molecule has 1 atom stereocenters. The first kappa shape index (κ1) is 24.1. The molecule has 2 aromatic rings. The van der Waals surface area contributed by atoms with Crippen LogP contribution < -0.4 is 10.5 Å². The summed E-state index contributed by atoms with van der Waals surface area (Å²) in [7, 11) is 0. The van der Waals surface area contributed by atoms with Gasteiger partial charge >= 0.3 is 0 Å². The summed E-state index contributed by atoms with van der Waals surface area (Å²) in [6.45, 7) is 6.33. The van der Waals surface area contributed by atoms with E-state index in [0.29, 0.717) is 47.4 Å². The summed E-state index contributed by atoms with van der Waals surface area (Å²) in [6.07, 6.45) is 3.00. The number of halogens is 2. The first-order valence-corrected chi connectivity index (χ1v) is 11.5. The first-order chi connectivity index (χ1) is 15.3. The summed E-state index contributed by atoms with van der Waals surface area (Å²) < 4.78 is 5.79. The van der Waals surface area contributed by atoms with Crippen LogP contribution in [0.3, 0.4) is 0 Å². The molecule has 1 unspecified atom stereocenters. The molecule has 32 heavy (non-hydrogen) atoms. The highest BCUT2D eigenvalue weighted by Crippen LogP contribution is 2.28. The molecular formula is C23H28Cl2N4O3. The average Bonchev–Trinajstić information content (AvgIpc) is 2.80. The monoisotopic (exact) mass is 478 g/mol. The van der Waals surface area contributed by atoms with Gasteiger partial charge in [-0.3, -0.25) is 9.59 Å².